The van der Waals surface area contributed by atoms with Crippen LogP contribution in [0.25, 0.3) is 0 Å². The van der Waals surface area contributed by atoms with Crippen LogP contribution in [0.3, 0.4) is 0 Å². The molecule has 1 amide bonds. The van der Waals surface area contributed by atoms with Crippen LogP contribution in [0.5, 0.6) is 0 Å². The van der Waals surface area contributed by atoms with Gasteiger partial charge in [-0.2, -0.15) is 0 Å². The molecule has 96 valence electrons. The summed E-state index contributed by atoms with van der Waals surface area (Å²) in [6.07, 6.45) is 1.78. The van der Waals surface area contributed by atoms with Crippen LogP contribution >= 0.6 is 11.8 Å². The Kier molecular flexibility index (Phi) is 3.51. The molecule has 0 N–H and O–H groups in total. The van der Waals surface area contributed by atoms with Crippen molar-refractivity contribution in [2.75, 3.05) is 5.75 Å². The summed E-state index contributed by atoms with van der Waals surface area (Å²) in [4.78, 5) is 18.3. The van der Waals surface area contributed by atoms with Crippen LogP contribution in [-0.2, 0) is 11.3 Å². The summed E-state index contributed by atoms with van der Waals surface area (Å²) in [6, 6.07) is 15.9. The van der Waals surface area contributed by atoms with Crippen molar-refractivity contribution in [1.29, 1.82) is 0 Å². The topological polar surface area (TPSA) is 33.2 Å². The van der Waals surface area contributed by atoms with Crippen LogP contribution < -0.4 is 0 Å². The summed E-state index contributed by atoms with van der Waals surface area (Å²) < 4.78 is 0. The molecule has 1 aromatic carbocycles. The van der Waals surface area contributed by atoms with Crippen molar-refractivity contribution in [2.24, 2.45) is 0 Å². The Morgan fingerprint density at radius 1 is 1.16 bits per heavy atom. The zero-order chi connectivity index (χ0) is 13.1. The maximum absolute atomic E-state index is 12.0. The first kappa shape index (κ1) is 12.2. The van der Waals surface area contributed by atoms with Gasteiger partial charge in [-0.05, 0) is 17.7 Å². The Labute approximate surface area is 116 Å². The number of hydrogen-bond donors (Lipinski definition) is 0. The summed E-state index contributed by atoms with van der Waals surface area (Å²) in [5, 5.41) is 0.0360. The van der Waals surface area contributed by atoms with Crippen LogP contribution in [0.15, 0.2) is 54.7 Å². The van der Waals surface area contributed by atoms with Crippen LogP contribution in [0.4, 0.5) is 0 Å². The van der Waals surface area contributed by atoms with Gasteiger partial charge in [-0.1, -0.05) is 36.4 Å². The largest absolute Gasteiger partial charge is 0.320 e. The molecule has 4 heteroatoms. The highest BCUT2D eigenvalue weighted by atomic mass is 32.2. The van der Waals surface area contributed by atoms with Crippen LogP contribution in [0.1, 0.15) is 16.6 Å². The molecule has 1 aromatic heterocycles. The second-order valence-corrected chi connectivity index (χ2v) is 5.49. The van der Waals surface area contributed by atoms with Crippen LogP contribution in [-0.4, -0.2) is 21.5 Å². The van der Waals surface area contributed by atoms with Crippen molar-refractivity contribution in [3.63, 3.8) is 0 Å². The van der Waals surface area contributed by atoms with E-state index in [-0.39, 0.29) is 11.3 Å². The van der Waals surface area contributed by atoms with Crippen molar-refractivity contribution in [3.05, 3.63) is 66.0 Å². The minimum Gasteiger partial charge on any atom is -0.320 e. The van der Waals surface area contributed by atoms with Crippen molar-refractivity contribution in [1.82, 2.24) is 9.88 Å². The number of pyridine rings is 1. The standard InChI is InChI=1S/C15H14N2OS/c18-14-11-19-15(13-8-4-5-9-16-13)17(14)10-12-6-2-1-3-7-12/h1-9,15H,10-11H2. The van der Waals surface area contributed by atoms with E-state index in [1.165, 1.54) is 0 Å². The monoisotopic (exact) mass is 270 g/mol. The third kappa shape index (κ3) is 2.63. The number of carbonyl (C=O) groups is 1. The Morgan fingerprint density at radius 2 is 1.95 bits per heavy atom. The van der Waals surface area contributed by atoms with E-state index in [4.69, 9.17) is 0 Å². The van der Waals surface area contributed by atoms with E-state index in [1.54, 1.807) is 18.0 Å². The third-order valence-corrected chi connectivity index (χ3v) is 4.33. The fourth-order valence-electron chi connectivity index (χ4n) is 2.17. The van der Waals surface area contributed by atoms with Gasteiger partial charge in [0.15, 0.2) is 0 Å². The van der Waals surface area contributed by atoms with Crippen LogP contribution in [0.2, 0.25) is 0 Å². The van der Waals surface area contributed by atoms with Gasteiger partial charge in [-0.15, -0.1) is 11.8 Å². The molecule has 0 saturated carbocycles. The molecule has 2 heterocycles. The number of amides is 1. The molecule has 1 aliphatic heterocycles. The second kappa shape index (κ2) is 5.45. The highest BCUT2D eigenvalue weighted by Gasteiger charge is 2.33. The first-order valence-corrected chi connectivity index (χ1v) is 7.25. The van der Waals surface area contributed by atoms with E-state index in [0.29, 0.717) is 12.3 Å². The predicted molar refractivity (Wildman–Crippen MR) is 76.4 cm³/mol. The number of benzene rings is 1. The Bertz CT molecular complexity index is 559. The van der Waals surface area contributed by atoms with E-state index in [2.05, 4.69) is 4.98 Å². The summed E-state index contributed by atoms with van der Waals surface area (Å²) in [5.41, 5.74) is 2.11. The van der Waals surface area contributed by atoms with Gasteiger partial charge in [-0.25, -0.2) is 0 Å². The Hall–Kier alpha value is -1.81. The van der Waals surface area contributed by atoms with Crippen LogP contribution in [0, 0.1) is 0 Å². The first-order chi connectivity index (χ1) is 9.34. The summed E-state index contributed by atoms with van der Waals surface area (Å²) in [6.45, 7) is 0.647. The lowest BCUT2D eigenvalue weighted by Gasteiger charge is -2.23. The number of thioether (sulfide) groups is 1. The van der Waals surface area contributed by atoms with Crippen molar-refractivity contribution in [3.8, 4) is 0 Å². The molecule has 1 fully saturated rings. The van der Waals surface area contributed by atoms with Gasteiger partial charge in [-0.3, -0.25) is 9.78 Å². The molecule has 19 heavy (non-hydrogen) atoms. The van der Waals surface area contributed by atoms with Gasteiger partial charge in [0.2, 0.25) is 5.91 Å². The van der Waals surface area contributed by atoms with E-state index < -0.39 is 0 Å². The minimum atomic E-state index is 0.0360. The van der Waals surface area contributed by atoms with Gasteiger partial charge < -0.3 is 4.90 Å². The lowest BCUT2D eigenvalue weighted by Crippen LogP contribution is -2.28. The molecular weight excluding hydrogens is 256 g/mol. The maximum atomic E-state index is 12.0. The Morgan fingerprint density at radius 3 is 2.68 bits per heavy atom. The van der Waals surface area contributed by atoms with E-state index in [1.807, 2.05) is 53.4 Å². The third-order valence-electron chi connectivity index (χ3n) is 3.10. The van der Waals surface area contributed by atoms with Crippen molar-refractivity contribution < 1.29 is 4.79 Å². The predicted octanol–water partition coefficient (Wildman–Crippen LogP) is 2.86. The zero-order valence-corrected chi connectivity index (χ0v) is 11.2. The molecule has 3 rings (SSSR count). The maximum Gasteiger partial charge on any atom is 0.234 e. The smallest absolute Gasteiger partial charge is 0.234 e. The van der Waals surface area contributed by atoms with Crippen molar-refractivity contribution in [2.45, 2.75) is 11.9 Å². The number of nitrogens with zero attached hydrogens (tertiary/aromatic N) is 2. The van der Waals surface area contributed by atoms with Gasteiger partial charge in [0.25, 0.3) is 0 Å². The molecule has 1 atom stereocenters. The Balaban J connectivity index is 1.83. The first-order valence-electron chi connectivity index (χ1n) is 6.20. The molecule has 2 aromatic rings. The average molecular weight is 270 g/mol. The number of hydrogen-bond acceptors (Lipinski definition) is 3. The zero-order valence-electron chi connectivity index (χ0n) is 10.4. The number of aromatic nitrogens is 1. The highest BCUT2D eigenvalue weighted by molar-refractivity contribution is 8.00. The molecule has 0 spiro atoms. The van der Waals surface area contributed by atoms with Gasteiger partial charge in [0, 0.05) is 12.7 Å². The lowest BCUT2D eigenvalue weighted by molar-refractivity contribution is -0.128. The summed E-state index contributed by atoms with van der Waals surface area (Å²) in [5.74, 6) is 0.721. The quantitative estimate of drug-likeness (QED) is 0.860. The number of rotatable bonds is 3. The van der Waals surface area contributed by atoms with Gasteiger partial charge >= 0.3 is 0 Å². The molecule has 1 saturated heterocycles. The molecule has 1 aliphatic rings. The SMILES string of the molecule is O=C1CSC(c2ccccn2)N1Cc1ccccc1. The van der Waals surface area contributed by atoms with E-state index in [0.717, 1.165) is 11.3 Å². The molecule has 3 nitrogen and oxygen atoms in total. The summed E-state index contributed by atoms with van der Waals surface area (Å²) >= 11 is 1.64. The summed E-state index contributed by atoms with van der Waals surface area (Å²) in [7, 11) is 0. The van der Waals surface area contributed by atoms with E-state index in [9.17, 15) is 4.79 Å². The fraction of sp³-hybridized carbons (Fsp3) is 0.200. The number of carbonyl (C=O) groups excluding carboxylic acids is 1. The van der Waals surface area contributed by atoms with Crippen molar-refractivity contribution >= 4 is 17.7 Å². The van der Waals surface area contributed by atoms with E-state index >= 15 is 0 Å². The minimum absolute atomic E-state index is 0.0360. The van der Waals surface area contributed by atoms with Gasteiger partial charge in [0.1, 0.15) is 5.37 Å². The molecule has 0 radical (unpaired) electrons. The molecule has 0 bridgehead atoms. The molecular formula is C15H14N2OS. The highest BCUT2D eigenvalue weighted by Crippen LogP contribution is 2.38. The second-order valence-electron chi connectivity index (χ2n) is 4.43. The lowest BCUT2D eigenvalue weighted by atomic mass is 10.2. The normalized spacial score (nSPS) is 18.8. The molecule has 0 aliphatic carbocycles. The average Bonchev–Trinajstić information content (AvgIpc) is 2.82. The fourth-order valence-corrected chi connectivity index (χ4v) is 3.32. The molecule has 1 unspecified atom stereocenters. The van der Waals surface area contributed by atoms with Gasteiger partial charge in [0.05, 0.1) is 11.4 Å².